The van der Waals surface area contributed by atoms with Gasteiger partial charge in [0.25, 0.3) is 5.91 Å². The molecule has 1 heterocycles. The van der Waals surface area contributed by atoms with E-state index in [1.807, 2.05) is 6.92 Å². The maximum Gasteiger partial charge on any atom is 0.335 e. The number of amides is 1. The lowest BCUT2D eigenvalue weighted by atomic mass is 10.2. The van der Waals surface area contributed by atoms with Crippen molar-refractivity contribution in [1.82, 2.24) is 15.0 Å². The number of hydrogen-bond donors (Lipinski definition) is 2. The lowest BCUT2D eigenvalue weighted by Gasteiger charge is -2.07. The molecule has 0 aliphatic carbocycles. The minimum absolute atomic E-state index is 0.0973. The van der Waals surface area contributed by atoms with E-state index in [0.29, 0.717) is 16.4 Å². The summed E-state index contributed by atoms with van der Waals surface area (Å²) in [5.74, 6) is -1.48. The van der Waals surface area contributed by atoms with E-state index in [4.69, 9.17) is 16.7 Å². The van der Waals surface area contributed by atoms with Crippen LogP contribution in [0.25, 0.3) is 5.69 Å². The van der Waals surface area contributed by atoms with E-state index in [2.05, 4.69) is 15.6 Å². The largest absolute Gasteiger partial charge is 0.478 e. The van der Waals surface area contributed by atoms with E-state index in [1.54, 1.807) is 30.3 Å². The van der Waals surface area contributed by atoms with Crippen LogP contribution in [0.5, 0.6) is 0 Å². The van der Waals surface area contributed by atoms with Crippen LogP contribution < -0.4 is 5.32 Å². The zero-order valence-corrected chi connectivity index (χ0v) is 13.9. The number of aromatic carboxylic acids is 1. The molecule has 7 nitrogen and oxygen atoms in total. The smallest absolute Gasteiger partial charge is 0.335 e. The molecule has 25 heavy (non-hydrogen) atoms. The Bertz CT molecular complexity index is 968. The van der Waals surface area contributed by atoms with Crippen molar-refractivity contribution in [2.45, 2.75) is 6.92 Å². The number of rotatable bonds is 4. The molecule has 0 unspecified atom stereocenters. The van der Waals surface area contributed by atoms with Gasteiger partial charge < -0.3 is 10.4 Å². The summed E-state index contributed by atoms with van der Waals surface area (Å²) in [6.45, 7) is 1.85. The van der Waals surface area contributed by atoms with E-state index in [-0.39, 0.29) is 11.3 Å². The van der Waals surface area contributed by atoms with Gasteiger partial charge in [0, 0.05) is 10.7 Å². The fourth-order valence-corrected chi connectivity index (χ4v) is 2.36. The topological polar surface area (TPSA) is 97.1 Å². The number of carboxylic acids is 1. The number of carbonyl (C=O) groups is 2. The number of benzene rings is 2. The van der Waals surface area contributed by atoms with Gasteiger partial charge in [-0.1, -0.05) is 28.9 Å². The van der Waals surface area contributed by atoms with Gasteiger partial charge in [-0.3, -0.25) is 4.79 Å². The zero-order valence-electron chi connectivity index (χ0n) is 13.1. The summed E-state index contributed by atoms with van der Waals surface area (Å²) < 4.78 is 1.34. The van der Waals surface area contributed by atoms with Gasteiger partial charge in [-0.25, -0.2) is 9.48 Å². The highest BCUT2D eigenvalue weighted by Crippen LogP contribution is 2.20. The van der Waals surface area contributed by atoms with Crippen molar-refractivity contribution in [3.05, 3.63) is 70.5 Å². The first-order chi connectivity index (χ1) is 11.9. The van der Waals surface area contributed by atoms with Gasteiger partial charge in [-0.15, -0.1) is 5.10 Å². The predicted molar refractivity (Wildman–Crippen MR) is 92.5 cm³/mol. The van der Waals surface area contributed by atoms with Crippen LogP contribution in [0, 0.1) is 6.92 Å². The normalized spacial score (nSPS) is 10.5. The van der Waals surface area contributed by atoms with Gasteiger partial charge in [0.15, 0.2) is 5.69 Å². The van der Waals surface area contributed by atoms with Crippen molar-refractivity contribution in [3.63, 3.8) is 0 Å². The van der Waals surface area contributed by atoms with Gasteiger partial charge in [0.1, 0.15) is 0 Å². The summed E-state index contributed by atoms with van der Waals surface area (Å²) in [6.07, 6.45) is 1.43. The van der Waals surface area contributed by atoms with Crippen molar-refractivity contribution in [2.24, 2.45) is 0 Å². The first-order valence-corrected chi connectivity index (χ1v) is 7.65. The second kappa shape index (κ2) is 6.74. The summed E-state index contributed by atoms with van der Waals surface area (Å²) >= 11 is 5.94. The van der Waals surface area contributed by atoms with Crippen LogP contribution in [0.4, 0.5) is 5.69 Å². The van der Waals surface area contributed by atoms with Gasteiger partial charge in [-0.05, 0) is 42.8 Å². The first kappa shape index (κ1) is 16.7. The number of anilines is 1. The second-order valence-corrected chi connectivity index (χ2v) is 5.75. The lowest BCUT2D eigenvalue weighted by Crippen LogP contribution is -2.13. The molecule has 1 aromatic heterocycles. The molecule has 0 aliphatic rings. The standard InChI is InChI=1S/C17H13ClN4O3/c1-10-5-6-12(18)8-14(10)19-16(23)15-9-22(21-20-15)13-4-2-3-11(7-13)17(24)25/h2-9H,1H3,(H,19,23)(H,24,25). The highest BCUT2D eigenvalue weighted by molar-refractivity contribution is 6.31. The summed E-state index contributed by atoms with van der Waals surface area (Å²) in [4.78, 5) is 23.4. The van der Waals surface area contributed by atoms with Crippen molar-refractivity contribution < 1.29 is 14.7 Å². The predicted octanol–water partition coefficient (Wildman–Crippen LogP) is 3.18. The van der Waals surface area contributed by atoms with E-state index in [9.17, 15) is 9.59 Å². The maximum atomic E-state index is 12.3. The van der Waals surface area contributed by atoms with Gasteiger partial charge in [-0.2, -0.15) is 0 Å². The second-order valence-electron chi connectivity index (χ2n) is 5.32. The molecule has 0 atom stereocenters. The third-order valence-electron chi connectivity index (χ3n) is 3.53. The molecule has 0 saturated heterocycles. The number of hydrogen-bond acceptors (Lipinski definition) is 4. The molecular weight excluding hydrogens is 344 g/mol. The Morgan fingerprint density at radius 1 is 1.20 bits per heavy atom. The number of carbonyl (C=O) groups excluding carboxylic acids is 1. The molecule has 2 aromatic carbocycles. The van der Waals surface area contributed by atoms with Crippen LogP contribution in [-0.4, -0.2) is 32.0 Å². The van der Waals surface area contributed by atoms with Gasteiger partial charge in [0.2, 0.25) is 0 Å². The molecular formula is C17H13ClN4O3. The molecule has 0 radical (unpaired) electrons. The van der Waals surface area contributed by atoms with Crippen molar-refractivity contribution >= 4 is 29.2 Å². The Morgan fingerprint density at radius 2 is 2.00 bits per heavy atom. The Kier molecular flexibility index (Phi) is 4.49. The molecule has 2 N–H and O–H groups in total. The molecule has 3 rings (SSSR count). The Hall–Kier alpha value is -3.19. The van der Waals surface area contributed by atoms with Crippen LogP contribution in [-0.2, 0) is 0 Å². The van der Waals surface area contributed by atoms with Crippen LogP contribution in [0.2, 0.25) is 5.02 Å². The van der Waals surface area contributed by atoms with Crippen molar-refractivity contribution in [1.29, 1.82) is 0 Å². The Labute approximate surface area is 147 Å². The third-order valence-corrected chi connectivity index (χ3v) is 3.77. The summed E-state index contributed by atoms with van der Waals surface area (Å²) in [5, 5.41) is 20.0. The molecule has 126 valence electrons. The summed E-state index contributed by atoms with van der Waals surface area (Å²) in [7, 11) is 0. The quantitative estimate of drug-likeness (QED) is 0.748. The minimum Gasteiger partial charge on any atom is -0.478 e. The van der Waals surface area contributed by atoms with E-state index in [0.717, 1.165) is 5.56 Å². The van der Waals surface area contributed by atoms with E-state index in [1.165, 1.54) is 23.0 Å². The summed E-state index contributed by atoms with van der Waals surface area (Å²) in [6, 6.07) is 11.4. The molecule has 3 aromatic rings. The molecule has 0 bridgehead atoms. The number of halogens is 1. The van der Waals surface area contributed by atoms with Gasteiger partial charge in [0.05, 0.1) is 17.4 Å². The highest BCUT2D eigenvalue weighted by atomic mass is 35.5. The fraction of sp³-hybridized carbons (Fsp3) is 0.0588. The minimum atomic E-state index is -1.05. The lowest BCUT2D eigenvalue weighted by molar-refractivity contribution is 0.0696. The molecule has 0 saturated carbocycles. The number of nitrogens with one attached hydrogen (secondary N) is 1. The third kappa shape index (κ3) is 3.67. The number of aryl methyl sites for hydroxylation is 1. The molecule has 0 spiro atoms. The Morgan fingerprint density at radius 3 is 2.76 bits per heavy atom. The summed E-state index contributed by atoms with van der Waals surface area (Å²) in [5.41, 5.74) is 2.15. The van der Waals surface area contributed by atoms with Crippen LogP contribution in [0.1, 0.15) is 26.4 Å². The zero-order chi connectivity index (χ0) is 18.0. The maximum absolute atomic E-state index is 12.3. The van der Waals surface area contributed by atoms with Crippen LogP contribution >= 0.6 is 11.6 Å². The highest BCUT2D eigenvalue weighted by Gasteiger charge is 2.14. The number of nitrogens with zero attached hydrogens (tertiary/aromatic N) is 3. The Balaban J connectivity index is 1.83. The number of aromatic nitrogens is 3. The monoisotopic (exact) mass is 356 g/mol. The number of carboxylic acid groups (broad SMARTS) is 1. The average Bonchev–Trinajstić information content (AvgIpc) is 3.08. The van der Waals surface area contributed by atoms with E-state index < -0.39 is 11.9 Å². The fourth-order valence-electron chi connectivity index (χ4n) is 2.19. The first-order valence-electron chi connectivity index (χ1n) is 7.27. The average molecular weight is 357 g/mol. The van der Waals surface area contributed by atoms with Crippen molar-refractivity contribution in [3.8, 4) is 5.69 Å². The molecule has 1 amide bonds. The molecule has 0 fully saturated rings. The van der Waals surface area contributed by atoms with Crippen LogP contribution in [0.3, 0.4) is 0 Å². The molecule has 0 aliphatic heterocycles. The SMILES string of the molecule is Cc1ccc(Cl)cc1NC(=O)c1cn(-c2cccc(C(=O)O)c2)nn1. The van der Waals surface area contributed by atoms with Crippen molar-refractivity contribution in [2.75, 3.05) is 5.32 Å². The van der Waals surface area contributed by atoms with Gasteiger partial charge >= 0.3 is 5.97 Å². The van der Waals surface area contributed by atoms with Crippen LogP contribution in [0.15, 0.2) is 48.7 Å². The molecule has 8 heteroatoms. The van der Waals surface area contributed by atoms with E-state index >= 15 is 0 Å².